The Labute approximate surface area is 125 Å². The lowest BCUT2D eigenvalue weighted by Gasteiger charge is -2.27. The Balaban J connectivity index is 2.05. The molecular weight excluding hydrogens is 266 g/mol. The predicted octanol–water partition coefficient (Wildman–Crippen LogP) is 2.85. The molecule has 0 spiro atoms. The number of carbonyl (C=O) groups excluding carboxylic acids is 1. The fourth-order valence-electron chi connectivity index (χ4n) is 2.91. The molecule has 1 aromatic carbocycles. The monoisotopic (exact) mass is 289 g/mol. The maximum absolute atomic E-state index is 12.5. The molecule has 0 saturated carbocycles. The summed E-state index contributed by atoms with van der Waals surface area (Å²) in [5, 5.41) is 8.92. The normalized spacial score (nSPS) is 15.2. The van der Waals surface area contributed by atoms with Crippen molar-refractivity contribution < 1.29 is 14.7 Å². The first-order valence-electron chi connectivity index (χ1n) is 7.44. The number of carboxylic acids is 1. The van der Waals surface area contributed by atoms with E-state index in [0.29, 0.717) is 6.54 Å². The Morgan fingerprint density at radius 3 is 2.52 bits per heavy atom. The number of hydrogen-bond acceptors (Lipinski definition) is 2. The van der Waals surface area contributed by atoms with E-state index in [9.17, 15) is 9.59 Å². The average molecular weight is 289 g/mol. The second kappa shape index (κ2) is 6.29. The van der Waals surface area contributed by atoms with Crippen molar-refractivity contribution in [3.63, 3.8) is 0 Å². The minimum absolute atomic E-state index is 0.0170. The van der Waals surface area contributed by atoms with Crippen LogP contribution < -0.4 is 0 Å². The summed E-state index contributed by atoms with van der Waals surface area (Å²) in [6.07, 6.45) is 2.26. The lowest BCUT2D eigenvalue weighted by Crippen LogP contribution is -2.34. The number of carboxylic acid groups (broad SMARTS) is 1. The molecule has 0 unspecified atom stereocenters. The van der Waals surface area contributed by atoms with Gasteiger partial charge in [-0.3, -0.25) is 9.59 Å². The van der Waals surface area contributed by atoms with Gasteiger partial charge in [0, 0.05) is 19.5 Å². The van der Waals surface area contributed by atoms with Gasteiger partial charge >= 0.3 is 5.97 Å². The molecule has 0 aromatic heterocycles. The highest BCUT2D eigenvalue weighted by Gasteiger charge is 2.28. The van der Waals surface area contributed by atoms with Gasteiger partial charge in [0.2, 0.25) is 5.91 Å². The number of carbonyl (C=O) groups is 2. The third-order valence-corrected chi connectivity index (χ3v) is 3.97. The van der Waals surface area contributed by atoms with E-state index in [-0.39, 0.29) is 18.7 Å². The number of benzene rings is 1. The summed E-state index contributed by atoms with van der Waals surface area (Å²) in [6.45, 7) is 5.06. The highest BCUT2D eigenvalue weighted by molar-refractivity contribution is 5.78. The molecule has 0 aliphatic carbocycles. The molecule has 0 radical (unpaired) electrons. The minimum atomic E-state index is -0.853. The van der Waals surface area contributed by atoms with Gasteiger partial charge < -0.3 is 10.0 Å². The molecule has 4 nitrogen and oxygen atoms in total. The number of rotatable bonds is 4. The Morgan fingerprint density at radius 2 is 1.86 bits per heavy atom. The first kappa shape index (κ1) is 15.5. The molecule has 0 atom stereocenters. The number of amides is 1. The van der Waals surface area contributed by atoms with Gasteiger partial charge in [-0.1, -0.05) is 38.1 Å². The van der Waals surface area contributed by atoms with Gasteiger partial charge in [-0.15, -0.1) is 0 Å². The number of hydrogen-bond donors (Lipinski definition) is 1. The van der Waals surface area contributed by atoms with Gasteiger partial charge in [0.1, 0.15) is 0 Å². The second-order valence-corrected chi connectivity index (χ2v) is 6.60. The lowest BCUT2D eigenvalue weighted by molar-refractivity contribution is -0.140. The van der Waals surface area contributed by atoms with E-state index in [2.05, 4.69) is 12.1 Å². The maximum Gasteiger partial charge on any atom is 0.303 e. The van der Waals surface area contributed by atoms with E-state index in [1.807, 2.05) is 30.9 Å². The van der Waals surface area contributed by atoms with Crippen molar-refractivity contribution in [3.05, 3.63) is 35.4 Å². The molecule has 0 bridgehead atoms. The summed E-state index contributed by atoms with van der Waals surface area (Å²) in [5.74, 6) is -0.799. The molecule has 1 aliphatic rings. The van der Waals surface area contributed by atoms with Crippen molar-refractivity contribution in [2.45, 2.75) is 46.1 Å². The van der Waals surface area contributed by atoms with E-state index >= 15 is 0 Å². The van der Waals surface area contributed by atoms with Crippen LogP contribution in [0.4, 0.5) is 0 Å². The highest BCUT2D eigenvalue weighted by atomic mass is 16.4. The smallest absolute Gasteiger partial charge is 0.303 e. The number of aryl methyl sites for hydroxylation is 1. The quantitative estimate of drug-likeness (QED) is 0.927. The van der Waals surface area contributed by atoms with Crippen LogP contribution in [0.25, 0.3) is 0 Å². The van der Waals surface area contributed by atoms with Crippen molar-refractivity contribution in [2.75, 3.05) is 6.54 Å². The van der Waals surface area contributed by atoms with Crippen molar-refractivity contribution in [1.29, 1.82) is 0 Å². The molecule has 1 heterocycles. The Kier molecular flexibility index (Phi) is 4.66. The number of fused-ring (bicyclic) bond motifs is 1. The fraction of sp³-hybridized carbons (Fsp3) is 0.529. The molecule has 1 amide bonds. The largest absolute Gasteiger partial charge is 0.481 e. The fourth-order valence-corrected chi connectivity index (χ4v) is 2.91. The number of aliphatic carboxylic acids is 1. The van der Waals surface area contributed by atoms with E-state index < -0.39 is 11.4 Å². The van der Waals surface area contributed by atoms with Crippen LogP contribution in [0.2, 0.25) is 0 Å². The van der Waals surface area contributed by atoms with E-state index in [4.69, 9.17) is 5.11 Å². The van der Waals surface area contributed by atoms with Crippen molar-refractivity contribution >= 4 is 11.9 Å². The van der Waals surface area contributed by atoms with Crippen LogP contribution in [0.3, 0.4) is 0 Å². The van der Waals surface area contributed by atoms with Crippen molar-refractivity contribution in [2.24, 2.45) is 5.41 Å². The van der Waals surface area contributed by atoms with E-state index in [0.717, 1.165) is 19.4 Å². The molecule has 1 aliphatic heterocycles. The van der Waals surface area contributed by atoms with Crippen LogP contribution in [-0.4, -0.2) is 28.4 Å². The van der Waals surface area contributed by atoms with Crippen molar-refractivity contribution in [1.82, 2.24) is 4.90 Å². The topological polar surface area (TPSA) is 57.6 Å². The van der Waals surface area contributed by atoms with Crippen LogP contribution in [0.1, 0.15) is 44.2 Å². The van der Waals surface area contributed by atoms with Crippen LogP contribution >= 0.6 is 0 Å². The molecule has 0 saturated heterocycles. The van der Waals surface area contributed by atoms with Gasteiger partial charge in [-0.25, -0.2) is 0 Å². The van der Waals surface area contributed by atoms with Crippen LogP contribution in [0.5, 0.6) is 0 Å². The van der Waals surface area contributed by atoms with Crippen LogP contribution in [-0.2, 0) is 22.6 Å². The molecule has 4 heteroatoms. The number of nitrogens with zero attached hydrogens (tertiary/aromatic N) is 1. The predicted molar refractivity (Wildman–Crippen MR) is 80.8 cm³/mol. The summed E-state index contributed by atoms with van der Waals surface area (Å²) in [7, 11) is 0. The molecule has 1 aromatic rings. The third kappa shape index (κ3) is 4.31. The molecule has 2 rings (SSSR count). The maximum atomic E-state index is 12.5. The first-order valence-corrected chi connectivity index (χ1v) is 7.44. The SMILES string of the molecule is CC(C)(CC(=O)O)CC(=O)N1CCCc2ccccc2C1. The summed E-state index contributed by atoms with van der Waals surface area (Å²) in [6, 6.07) is 8.23. The minimum Gasteiger partial charge on any atom is -0.481 e. The van der Waals surface area contributed by atoms with Gasteiger partial charge in [0.05, 0.1) is 6.42 Å². The average Bonchev–Trinajstić information content (AvgIpc) is 2.58. The zero-order valence-corrected chi connectivity index (χ0v) is 12.8. The molecule has 21 heavy (non-hydrogen) atoms. The molecular formula is C17H23NO3. The Morgan fingerprint density at radius 1 is 1.19 bits per heavy atom. The Hall–Kier alpha value is -1.84. The molecule has 114 valence electrons. The lowest BCUT2D eigenvalue weighted by atomic mass is 9.85. The van der Waals surface area contributed by atoms with Gasteiger partial charge in [0.15, 0.2) is 0 Å². The summed E-state index contributed by atoms with van der Waals surface area (Å²) < 4.78 is 0. The van der Waals surface area contributed by atoms with Crippen LogP contribution in [0.15, 0.2) is 24.3 Å². The summed E-state index contributed by atoms with van der Waals surface area (Å²) in [5.41, 5.74) is 2.02. The Bertz CT molecular complexity index is 537. The van der Waals surface area contributed by atoms with Crippen LogP contribution in [0, 0.1) is 5.41 Å². The standard InChI is InChI=1S/C17H23NO3/c1-17(2,11-16(20)21)10-15(19)18-9-5-8-13-6-3-4-7-14(13)12-18/h3-4,6-7H,5,8-12H2,1-2H3,(H,20,21). The second-order valence-electron chi connectivity index (χ2n) is 6.60. The summed E-state index contributed by atoms with van der Waals surface area (Å²) in [4.78, 5) is 25.2. The van der Waals surface area contributed by atoms with Gasteiger partial charge in [-0.05, 0) is 29.4 Å². The first-order chi connectivity index (χ1) is 9.87. The van der Waals surface area contributed by atoms with Crippen molar-refractivity contribution in [3.8, 4) is 0 Å². The third-order valence-electron chi connectivity index (χ3n) is 3.97. The summed E-state index contributed by atoms with van der Waals surface area (Å²) >= 11 is 0. The molecule has 1 N–H and O–H groups in total. The van der Waals surface area contributed by atoms with Gasteiger partial charge in [0.25, 0.3) is 0 Å². The van der Waals surface area contributed by atoms with E-state index in [1.54, 1.807) is 0 Å². The van der Waals surface area contributed by atoms with Gasteiger partial charge in [-0.2, -0.15) is 0 Å². The zero-order chi connectivity index (χ0) is 15.5. The molecule has 0 fully saturated rings. The zero-order valence-electron chi connectivity index (χ0n) is 12.8. The van der Waals surface area contributed by atoms with E-state index in [1.165, 1.54) is 11.1 Å². The highest BCUT2D eigenvalue weighted by Crippen LogP contribution is 2.27.